The van der Waals surface area contributed by atoms with Crippen LogP contribution in [-0.4, -0.2) is 9.97 Å². The van der Waals surface area contributed by atoms with Crippen LogP contribution in [0.1, 0.15) is 11.3 Å². The molecule has 1 aromatic carbocycles. The van der Waals surface area contributed by atoms with Gasteiger partial charge in [0.15, 0.2) is 5.15 Å². The number of rotatable bonds is 0. The third-order valence-corrected chi connectivity index (χ3v) is 2.47. The maximum absolute atomic E-state index is 12.4. The Morgan fingerprint density at radius 2 is 1.81 bits per heavy atom. The van der Waals surface area contributed by atoms with Crippen molar-refractivity contribution in [3.63, 3.8) is 0 Å². The lowest BCUT2D eigenvalue weighted by Gasteiger charge is -2.07. The first kappa shape index (κ1) is 11.1. The quantitative estimate of drug-likeness (QED) is 0.710. The molecule has 16 heavy (non-hydrogen) atoms. The minimum Gasteiger partial charge on any atom is -0.248 e. The van der Waals surface area contributed by atoms with Gasteiger partial charge in [0.1, 0.15) is 0 Å². The van der Waals surface area contributed by atoms with E-state index in [1.807, 2.05) is 0 Å². The Hall–Kier alpha value is -1.36. The number of fused-ring (bicyclic) bond motifs is 1. The van der Waals surface area contributed by atoms with Crippen LogP contribution in [0.3, 0.4) is 0 Å². The molecule has 6 heteroatoms. The summed E-state index contributed by atoms with van der Waals surface area (Å²) in [4.78, 5) is 7.89. The van der Waals surface area contributed by atoms with Gasteiger partial charge in [-0.25, -0.2) is 9.97 Å². The van der Waals surface area contributed by atoms with Gasteiger partial charge < -0.3 is 0 Å². The summed E-state index contributed by atoms with van der Waals surface area (Å²) >= 11 is 5.72. The Balaban J connectivity index is 2.67. The minimum absolute atomic E-state index is 0.191. The summed E-state index contributed by atoms with van der Waals surface area (Å²) in [7, 11) is 0. The average Bonchev–Trinajstić information content (AvgIpc) is 2.17. The molecule has 0 aliphatic rings. The van der Waals surface area contributed by atoms with Crippen LogP contribution in [0.5, 0.6) is 0 Å². The molecule has 0 spiro atoms. The Morgan fingerprint density at radius 3 is 2.44 bits per heavy atom. The Kier molecular flexibility index (Phi) is 2.50. The van der Waals surface area contributed by atoms with Crippen molar-refractivity contribution in [2.75, 3.05) is 0 Å². The smallest absolute Gasteiger partial charge is 0.248 e. The molecular weight excluding hydrogens is 241 g/mol. The van der Waals surface area contributed by atoms with Crippen LogP contribution in [0.15, 0.2) is 18.2 Å². The lowest BCUT2D eigenvalue weighted by molar-refractivity contribution is -0.137. The highest BCUT2D eigenvalue weighted by Crippen LogP contribution is 2.31. The predicted molar refractivity (Wildman–Crippen MR) is 54.3 cm³/mol. The molecule has 1 heterocycles. The molecular formula is C10H6ClF3N2. The molecule has 0 fully saturated rings. The number of benzene rings is 1. The second-order valence-electron chi connectivity index (χ2n) is 3.30. The summed E-state index contributed by atoms with van der Waals surface area (Å²) in [5.74, 6) is 0. The van der Waals surface area contributed by atoms with Crippen molar-refractivity contribution >= 4 is 22.6 Å². The third-order valence-electron chi connectivity index (χ3n) is 2.11. The van der Waals surface area contributed by atoms with E-state index >= 15 is 0 Å². The van der Waals surface area contributed by atoms with Gasteiger partial charge >= 0.3 is 6.18 Å². The molecule has 0 bridgehead atoms. The van der Waals surface area contributed by atoms with Crippen molar-refractivity contribution < 1.29 is 13.2 Å². The molecule has 0 atom stereocenters. The van der Waals surface area contributed by atoms with E-state index in [0.29, 0.717) is 11.2 Å². The molecule has 2 nitrogen and oxygen atoms in total. The zero-order chi connectivity index (χ0) is 11.9. The number of hydrogen-bond donors (Lipinski definition) is 0. The fourth-order valence-corrected chi connectivity index (χ4v) is 1.43. The molecule has 1 aromatic heterocycles. The lowest BCUT2D eigenvalue weighted by Crippen LogP contribution is -2.05. The van der Waals surface area contributed by atoms with Gasteiger partial charge in [-0.1, -0.05) is 11.6 Å². The van der Waals surface area contributed by atoms with Crippen LogP contribution < -0.4 is 0 Å². The van der Waals surface area contributed by atoms with Crippen molar-refractivity contribution in [2.45, 2.75) is 13.1 Å². The first-order valence-corrected chi connectivity index (χ1v) is 4.77. The topological polar surface area (TPSA) is 25.8 Å². The first-order chi connectivity index (χ1) is 7.38. The van der Waals surface area contributed by atoms with E-state index in [-0.39, 0.29) is 10.7 Å². The zero-order valence-corrected chi connectivity index (χ0v) is 8.89. The van der Waals surface area contributed by atoms with E-state index in [4.69, 9.17) is 11.6 Å². The molecule has 0 amide bonds. The predicted octanol–water partition coefficient (Wildman–Crippen LogP) is 3.61. The van der Waals surface area contributed by atoms with Crippen molar-refractivity contribution in [1.82, 2.24) is 9.97 Å². The van der Waals surface area contributed by atoms with E-state index in [1.54, 1.807) is 6.92 Å². The number of aromatic nitrogens is 2. The second-order valence-corrected chi connectivity index (χ2v) is 3.66. The average molecular weight is 247 g/mol. The lowest BCUT2D eigenvalue weighted by atomic mass is 10.2. The SMILES string of the molecule is Cc1nc2cc(C(F)(F)F)ccc2nc1Cl. The number of nitrogens with zero attached hydrogens (tertiary/aromatic N) is 2. The fraction of sp³-hybridized carbons (Fsp3) is 0.200. The molecule has 2 aromatic rings. The van der Waals surface area contributed by atoms with Gasteiger partial charge in [-0.2, -0.15) is 13.2 Å². The van der Waals surface area contributed by atoms with Gasteiger partial charge in [-0.05, 0) is 25.1 Å². The summed E-state index contributed by atoms with van der Waals surface area (Å²) in [6, 6.07) is 3.19. The van der Waals surface area contributed by atoms with Crippen LogP contribution in [0.4, 0.5) is 13.2 Å². The molecule has 84 valence electrons. The van der Waals surface area contributed by atoms with Crippen molar-refractivity contribution in [1.29, 1.82) is 0 Å². The summed E-state index contributed by atoms with van der Waals surface area (Å²) in [5, 5.41) is 0.201. The van der Waals surface area contributed by atoms with Gasteiger partial charge in [-0.15, -0.1) is 0 Å². The molecule has 0 aliphatic heterocycles. The van der Waals surface area contributed by atoms with Gasteiger partial charge in [0.25, 0.3) is 0 Å². The van der Waals surface area contributed by atoms with Crippen LogP contribution in [0, 0.1) is 6.92 Å². The maximum atomic E-state index is 12.4. The van der Waals surface area contributed by atoms with Crippen LogP contribution in [0.2, 0.25) is 5.15 Å². The van der Waals surface area contributed by atoms with E-state index in [2.05, 4.69) is 9.97 Å². The van der Waals surface area contributed by atoms with Gasteiger partial charge in [0.2, 0.25) is 0 Å². The highest BCUT2D eigenvalue weighted by Gasteiger charge is 2.30. The fourth-order valence-electron chi connectivity index (χ4n) is 1.30. The van der Waals surface area contributed by atoms with Gasteiger partial charge in [0.05, 0.1) is 22.3 Å². The monoisotopic (exact) mass is 246 g/mol. The van der Waals surface area contributed by atoms with E-state index in [0.717, 1.165) is 12.1 Å². The zero-order valence-electron chi connectivity index (χ0n) is 8.14. The summed E-state index contributed by atoms with van der Waals surface area (Å²) in [6.45, 7) is 1.59. The van der Waals surface area contributed by atoms with Crippen molar-refractivity contribution in [2.24, 2.45) is 0 Å². The Labute approximate surface area is 94.1 Å². The van der Waals surface area contributed by atoms with E-state index in [1.165, 1.54) is 6.07 Å². The van der Waals surface area contributed by atoms with E-state index < -0.39 is 11.7 Å². The molecule has 0 N–H and O–H groups in total. The Morgan fingerprint density at radius 1 is 1.12 bits per heavy atom. The number of aryl methyl sites for hydroxylation is 1. The van der Waals surface area contributed by atoms with Crippen LogP contribution >= 0.6 is 11.6 Å². The van der Waals surface area contributed by atoms with Crippen molar-refractivity contribution in [3.8, 4) is 0 Å². The maximum Gasteiger partial charge on any atom is 0.416 e. The minimum atomic E-state index is -4.37. The summed E-state index contributed by atoms with van der Waals surface area (Å²) in [6.07, 6.45) is -4.37. The van der Waals surface area contributed by atoms with Crippen LogP contribution in [-0.2, 0) is 6.18 Å². The molecule has 2 rings (SSSR count). The van der Waals surface area contributed by atoms with Gasteiger partial charge in [-0.3, -0.25) is 0 Å². The molecule has 0 unspecified atom stereocenters. The highest BCUT2D eigenvalue weighted by atomic mass is 35.5. The van der Waals surface area contributed by atoms with Crippen LogP contribution in [0.25, 0.3) is 11.0 Å². The molecule has 0 aliphatic carbocycles. The van der Waals surface area contributed by atoms with Gasteiger partial charge in [0, 0.05) is 0 Å². The number of alkyl halides is 3. The Bertz CT molecular complexity index is 551. The third kappa shape index (κ3) is 1.95. The molecule has 0 saturated heterocycles. The summed E-state index contributed by atoms with van der Waals surface area (Å²) < 4.78 is 37.3. The first-order valence-electron chi connectivity index (χ1n) is 4.39. The highest BCUT2D eigenvalue weighted by molar-refractivity contribution is 6.30. The largest absolute Gasteiger partial charge is 0.416 e. The molecule has 0 saturated carbocycles. The standard InChI is InChI=1S/C10H6ClF3N2/c1-5-9(11)16-7-3-2-6(10(12,13)14)4-8(7)15-5/h2-4H,1H3. The van der Waals surface area contributed by atoms with Crippen molar-refractivity contribution in [3.05, 3.63) is 34.6 Å². The summed E-state index contributed by atoms with van der Waals surface area (Å²) in [5.41, 5.74) is 0.213. The molecule has 0 radical (unpaired) electrons. The number of hydrogen-bond acceptors (Lipinski definition) is 2. The van der Waals surface area contributed by atoms with E-state index in [9.17, 15) is 13.2 Å². The number of halogens is 4. The normalized spacial score (nSPS) is 12.1. The second kappa shape index (κ2) is 3.59.